The first kappa shape index (κ1) is 18.0. The number of hydrogen-bond acceptors (Lipinski definition) is 5. The number of rotatable bonds is 5. The number of fused-ring (bicyclic) bond motifs is 2. The maximum Gasteiger partial charge on any atom is 0.280 e. The summed E-state index contributed by atoms with van der Waals surface area (Å²) in [7, 11) is 0. The molecule has 8 heteroatoms. The van der Waals surface area contributed by atoms with Gasteiger partial charge < -0.3 is 14.4 Å². The quantitative estimate of drug-likeness (QED) is 0.826. The fourth-order valence-electron chi connectivity index (χ4n) is 4.63. The molecule has 0 radical (unpaired) electrons. The second-order valence-corrected chi connectivity index (χ2v) is 7.56. The van der Waals surface area contributed by atoms with Crippen LogP contribution in [0.4, 0.5) is 0 Å². The molecule has 146 valence electrons. The Balaban J connectivity index is 1.42. The van der Waals surface area contributed by atoms with Crippen LogP contribution in [0.2, 0.25) is 0 Å². The van der Waals surface area contributed by atoms with Gasteiger partial charge in [0.15, 0.2) is 0 Å². The van der Waals surface area contributed by atoms with Gasteiger partial charge in [0.1, 0.15) is 5.76 Å². The predicted molar refractivity (Wildman–Crippen MR) is 99.3 cm³/mol. The zero-order chi connectivity index (χ0) is 18.9. The van der Waals surface area contributed by atoms with Crippen LogP contribution in [0.5, 0.6) is 0 Å². The first-order valence-electron chi connectivity index (χ1n) is 9.85. The lowest BCUT2D eigenvalue weighted by Gasteiger charge is -2.50. The molecule has 2 aliphatic rings. The molecule has 0 aromatic carbocycles. The number of nitrogens with zero attached hydrogens (tertiary/aromatic N) is 3. The first-order valence-corrected chi connectivity index (χ1v) is 9.85. The molecule has 2 N–H and O–H groups in total. The lowest BCUT2D eigenvalue weighted by molar-refractivity contribution is -0.134. The van der Waals surface area contributed by atoms with Crippen LogP contribution >= 0.6 is 0 Å². The van der Waals surface area contributed by atoms with E-state index >= 15 is 0 Å². The highest BCUT2D eigenvalue weighted by molar-refractivity contribution is 5.76. The van der Waals surface area contributed by atoms with E-state index in [1.54, 1.807) is 0 Å². The van der Waals surface area contributed by atoms with E-state index in [2.05, 4.69) is 26.9 Å². The summed E-state index contributed by atoms with van der Waals surface area (Å²) in [6.45, 7) is 5.80. The number of H-pyrrole nitrogens is 2. The molecule has 0 unspecified atom stereocenters. The van der Waals surface area contributed by atoms with Crippen molar-refractivity contribution in [3.05, 3.63) is 39.9 Å². The van der Waals surface area contributed by atoms with Gasteiger partial charge in [0.25, 0.3) is 5.56 Å². The number of nitrogens with one attached hydrogen (secondary N) is 2. The summed E-state index contributed by atoms with van der Waals surface area (Å²) in [5, 5.41) is 2.26. The predicted octanol–water partition coefficient (Wildman–Crippen LogP) is 1.41. The molecule has 27 heavy (non-hydrogen) atoms. The number of aromatic nitrogens is 3. The van der Waals surface area contributed by atoms with Gasteiger partial charge in [0.2, 0.25) is 5.91 Å². The third kappa shape index (κ3) is 3.34. The van der Waals surface area contributed by atoms with E-state index in [1.807, 2.05) is 11.2 Å². The maximum atomic E-state index is 12.6. The van der Waals surface area contributed by atoms with Crippen molar-refractivity contribution < 1.29 is 9.32 Å². The molecule has 2 aromatic heterocycles. The topological polar surface area (TPSA) is 98.2 Å². The normalized spacial score (nSPS) is 19.4. The third-order valence-electron chi connectivity index (χ3n) is 5.99. The Hall–Kier alpha value is -2.35. The van der Waals surface area contributed by atoms with E-state index in [-0.39, 0.29) is 17.0 Å². The highest BCUT2D eigenvalue weighted by Crippen LogP contribution is 2.42. The zero-order valence-corrected chi connectivity index (χ0v) is 15.8. The van der Waals surface area contributed by atoms with Gasteiger partial charge in [-0.25, -0.2) is 4.98 Å². The van der Waals surface area contributed by atoms with Crippen molar-refractivity contribution in [1.82, 2.24) is 24.9 Å². The van der Waals surface area contributed by atoms with E-state index in [1.165, 1.54) is 17.5 Å². The van der Waals surface area contributed by atoms with Crippen LogP contribution in [0.3, 0.4) is 0 Å². The molecule has 2 aromatic rings. The van der Waals surface area contributed by atoms with Gasteiger partial charge in [-0.15, -0.1) is 0 Å². The van der Waals surface area contributed by atoms with Gasteiger partial charge in [-0.1, -0.05) is 6.92 Å². The van der Waals surface area contributed by atoms with Crippen molar-refractivity contribution in [2.45, 2.75) is 51.0 Å². The van der Waals surface area contributed by atoms with Gasteiger partial charge in [0.05, 0.1) is 17.6 Å². The molecule has 8 nitrogen and oxygen atoms in total. The van der Waals surface area contributed by atoms with Gasteiger partial charge in [-0.3, -0.25) is 14.5 Å². The molecule has 0 atom stereocenters. The summed E-state index contributed by atoms with van der Waals surface area (Å²) < 4.78 is 5.04. The Labute approximate surface area is 157 Å². The van der Waals surface area contributed by atoms with Gasteiger partial charge in [0, 0.05) is 50.7 Å². The average molecular weight is 373 g/mol. The van der Waals surface area contributed by atoms with Gasteiger partial charge >= 0.3 is 0 Å². The summed E-state index contributed by atoms with van der Waals surface area (Å²) in [5.74, 6) is 0.651. The molecular weight excluding hydrogens is 346 g/mol. The van der Waals surface area contributed by atoms with Crippen molar-refractivity contribution in [2.75, 3.05) is 26.2 Å². The number of imidazole rings is 1. The standard InChI is InChI=1S/C19H27N5O3/c1-2-8-24-9-5-15-18(21-13-20-15)19(24)6-10-23(11-7-19)17(26)4-3-14-12-16(25)22-27-14/h12-13H,2-11H2,1H3,(H,20,21)(H,22,25). The van der Waals surface area contributed by atoms with E-state index in [9.17, 15) is 9.59 Å². The summed E-state index contributed by atoms with van der Waals surface area (Å²) in [4.78, 5) is 36.2. The molecule has 1 saturated heterocycles. The van der Waals surface area contributed by atoms with Crippen molar-refractivity contribution in [2.24, 2.45) is 0 Å². The van der Waals surface area contributed by atoms with E-state index < -0.39 is 0 Å². The minimum absolute atomic E-state index is 0.0478. The van der Waals surface area contributed by atoms with Crippen LogP contribution < -0.4 is 5.56 Å². The molecule has 0 bridgehead atoms. The average Bonchev–Trinajstić information content (AvgIpc) is 3.32. The molecule has 4 rings (SSSR count). The van der Waals surface area contributed by atoms with Crippen LogP contribution in [-0.2, 0) is 23.2 Å². The third-order valence-corrected chi connectivity index (χ3v) is 5.99. The molecule has 0 aliphatic carbocycles. The van der Waals surface area contributed by atoms with Crippen LogP contribution in [-0.4, -0.2) is 57.0 Å². The highest BCUT2D eigenvalue weighted by Gasteiger charge is 2.46. The monoisotopic (exact) mass is 373 g/mol. The summed E-state index contributed by atoms with van der Waals surface area (Å²) >= 11 is 0. The van der Waals surface area contributed by atoms with Crippen molar-refractivity contribution >= 4 is 5.91 Å². The van der Waals surface area contributed by atoms with Crippen LogP contribution in [0.1, 0.15) is 49.8 Å². The fraction of sp³-hybridized carbons (Fsp3) is 0.632. The Kier molecular flexibility index (Phi) is 4.90. The van der Waals surface area contributed by atoms with Crippen molar-refractivity contribution in [1.29, 1.82) is 0 Å². The summed E-state index contributed by atoms with van der Waals surface area (Å²) in [6, 6.07) is 1.40. The van der Waals surface area contributed by atoms with Crippen LogP contribution in [0.15, 0.2) is 21.7 Å². The van der Waals surface area contributed by atoms with Crippen molar-refractivity contribution in [3.63, 3.8) is 0 Å². The molecule has 1 amide bonds. The first-order chi connectivity index (χ1) is 13.1. The van der Waals surface area contributed by atoms with E-state index in [0.29, 0.717) is 18.6 Å². The van der Waals surface area contributed by atoms with Crippen molar-refractivity contribution in [3.8, 4) is 0 Å². The Morgan fingerprint density at radius 1 is 1.33 bits per heavy atom. The number of aryl methyl sites for hydroxylation is 1. The Morgan fingerprint density at radius 2 is 2.15 bits per heavy atom. The fourth-order valence-corrected chi connectivity index (χ4v) is 4.63. The molecule has 4 heterocycles. The largest absolute Gasteiger partial charge is 0.384 e. The number of piperidine rings is 1. The summed E-state index contributed by atoms with van der Waals surface area (Å²) in [5.41, 5.74) is 2.13. The van der Waals surface area contributed by atoms with Gasteiger partial charge in [-0.05, 0) is 25.8 Å². The number of hydrogen-bond donors (Lipinski definition) is 2. The molecule has 1 fully saturated rings. The lowest BCUT2D eigenvalue weighted by atomic mass is 9.78. The number of aromatic amines is 2. The van der Waals surface area contributed by atoms with Gasteiger partial charge in [-0.2, -0.15) is 5.16 Å². The SMILES string of the molecule is CCCN1CCc2[nH]cnc2C12CCN(C(=O)CCc1cc(=O)[nH]o1)CC2. The van der Waals surface area contributed by atoms with Crippen LogP contribution in [0.25, 0.3) is 0 Å². The maximum absolute atomic E-state index is 12.6. The lowest BCUT2D eigenvalue weighted by Crippen LogP contribution is -2.57. The number of carbonyl (C=O) groups excluding carboxylic acids is 1. The highest BCUT2D eigenvalue weighted by atomic mass is 16.5. The molecular formula is C19H27N5O3. The minimum Gasteiger partial charge on any atom is -0.384 e. The molecule has 0 saturated carbocycles. The molecule has 1 spiro atoms. The number of likely N-dealkylation sites (tertiary alicyclic amines) is 1. The Morgan fingerprint density at radius 3 is 2.85 bits per heavy atom. The smallest absolute Gasteiger partial charge is 0.280 e. The summed E-state index contributed by atoms with van der Waals surface area (Å²) in [6.07, 6.45) is 6.58. The zero-order valence-electron chi connectivity index (χ0n) is 15.8. The molecule has 2 aliphatic heterocycles. The van der Waals surface area contributed by atoms with Crippen LogP contribution in [0, 0.1) is 0 Å². The van der Waals surface area contributed by atoms with E-state index in [4.69, 9.17) is 4.52 Å². The second-order valence-electron chi connectivity index (χ2n) is 7.56. The van der Waals surface area contributed by atoms with E-state index in [0.717, 1.165) is 51.9 Å². The minimum atomic E-state index is -0.263. The number of carbonyl (C=O) groups is 1. The second kappa shape index (κ2) is 7.34. The number of amides is 1. The Bertz CT molecular complexity index is 843.